The molecule has 9 heteroatoms. The van der Waals surface area contributed by atoms with Crippen molar-refractivity contribution in [3.8, 4) is 0 Å². The van der Waals surface area contributed by atoms with Gasteiger partial charge in [-0.1, -0.05) is 11.8 Å². The fraction of sp³-hybridized carbons (Fsp3) is 0.250. The van der Waals surface area contributed by atoms with Crippen LogP contribution in [0, 0.1) is 0 Å². The van der Waals surface area contributed by atoms with E-state index in [0.717, 1.165) is 5.56 Å². The van der Waals surface area contributed by atoms with Crippen molar-refractivity contribution < 1.29 is 9.21 Å². The van der Waals surface area contributed by atoms with Gasteiger partial charge in [-0.2, -0.15) is 0 Å². The average molecular weight is 254 g/mol. The van der Waals surface area contributed by atoms with Crippen LogP contribution in [0.4, 0.5) is 0 Å². The molecule has 0 saturated heterocycles. The Morgan fingerprint density at radius 1 is 1.71 bits per heavy atom. The Morgan fingerprint density at radius 3 is 3.18 bits per heavy atom. The molecule has 2 aromatic heterocycles. The number of nitrogens with two attached hydrogens (primary N) is 1. The average Bonchev–Trinajstić information content (AvgIpc) is 2.94. The topological polar surface area (TPSA) is 112 Å². The molecule has 17 heavy (non-hydrogen) atoms. The lowest BCUT2D eigenvalue weighted by atomic mass is 10.3. The second-order valence-corrected chi connectivity index (χ2v) is 4.06. The van der Waals surface area contributed by atoms with E-state index in [4.69, 9.17) is 10.3 Å². The van der Waals surface area contributed by atoms with Crippen molar-refractivity contribution in [2.45, 2.75) is 10.9 Å². The van der Waals surface area contributed by atoms with Gasteiger partial charge >= 0.3 is 5.91 Å². The number of thioether (sulfide) groups is 1. The van der Waals surface area contributed by atoms with Gasteiger partial charge in [-0.3, -0.25) is 10.2 Å². The maximum absolute atomic E-state index is 11.3. The summed E-state index contributed by atoms with van der Waals surface area (Å²) < 4.78 is 6.60. The summed E-state index contributed by atoms with van der Waals surface area (Å²) in [4.78, 5) is 11.3. The molecule has 2 aromatic rings. The molecule has 0 aliphatic rings. The molecule has 0 atom stereocenters. The van der Waals surface area contributed by atoms with Crippen molar-refractivity contribution in [2.75, 3.05) is 0 Å². The van der Waals surface area contributed by atoms with Gasteiger partial charge in [0.1, 0.15) is 0 Å². The Bertz CT molecular complexity index is 522. The molecular weight excluding hydrogens is 244 g/mol. The van der Waals surface area contributed by atoms with Gasteiger partial charge in [-0.15, -0.1) is 5.10 Å². The van der Waals surface area contributed by atoms with Crippen molar-refractivity contribution in [2.24, 2.45) is 12.9 Å². The van der Waals surface area contributed by atoms with Gasteiger partial charge in [0, 0.05) is 18.4 Å². The van der Waals surface area contributed by atoms with Crippen LogP contribution in [0.25, 0.3) is 0 Å². The van der Waals surface area contributed by atoms with Gasteiger partial charge in [-0.25, -0.2) is 10.5 Å². The summed E-state index contributed by atoms with van der Waals surface area (Å²) in [5.41, 5.74) is 2.76. The monoisotopic (exact) mass is 254 g/mol. The van der Waals surface area contributed by atoms with Crippen molar-refractivity contribution in [1.29, 1.82) is 0 Å². The van der Waals surface area contributed by atoms with E-state index in [-0.39, 0.29) is 5.76 Å². The molecule has 0 aliphatic carbocycles. The van der Waals surface area contributed by atoms with Gasteiger partial charge in [0.2, 0.25) is 5.16 Å². The quantitative estimate of drug-likeness (QED) is 0.333. The molecule has 0 aromatic carbocycles. The number of nitrogens with zero attached hydrogens (tertiary/aromatic N) is 4. The number of carbonyl (C=O) groups is 1. The first-order valence-electron chi connectivity index (χ1n) is 4.65. The SMILES string of the molecule is Cn1nnnc1SCc1ccoc1C(=O)NN. The highest BCUT2D eigenvalue weighted by atomic mass is 32.2. The van der Waals surface area contributed by atoms with Crippen LogP contribution < -0.4 is 11.3 Å². The van der Waals surface area contributed by atoms with Crippen molar-refractivity contribution >= 4 is 17.7 Å². The van der Waals surface area contributed by atoms with Crippen LogP contribution in [-0.4, -0.2) is 26.1 Å². The van der Waals surface area contributed by atoms with Gasteiger partial charge in [-0.05, 0) is 16.5 Å². The molecule has 0 radical (unpaired) electrons. The van der Waals surface area contributed by atoms with Crippen LogP contribution in [-0.2, 0) is 12.8 Å². The van der Waals surface area contributed by atoms with Crippen molar-refractivity contribution in [3.05, 3.63) is 23.7 Å². The summed E-state index contributed by atoms with van der Waals surface area (Å²) >= 11 is 1.40. The zero-order valence-electron chi connectivity index (χ0n) is 8.95. The minimum absolute atomic E-state index is 0.204. The van der Waals surface area contributed by atoms with Crippen LogP contribution in [0.5, 0.6) is 0 Å². The second-order valence-electron chi connectivity index (χ2n) is 3.12. The number of nitrogen functional groups attached to an aromatic ring is 1. The molecule has 0 fully saturated rings. The van der Waals surface area contributed by atoms with Crippen molar-refractivity contribution in [3.63, 3.8) is 0 Å². The Labute approximate surface area is 101 Å². The largest absolute Gasteiger partial charge is 0.459 e. The Kier molecular flexibility index (Phi) is 3.40. The summed E-state index contributed by atoms with van der Waals surface area (Å²) in [7, 11) is 1.74. The number of hydrogen-bond donors (Lipinski definition) is 2. The summed E-state index contributed by atoms with van der Waals surface area (Å²) in [6, 6.07) is 1.71. The number of hydrogen-bond acceptors (Lipinski definition) is 7. The summed E-state index contributed by atoms with van der Waals surface area (Å²) in [6.45, 7) is 0. The summed E-state index contributed by atoms with van der Waals surface area (Å²) in [5.74, 6) is 5.31. The van der Waals surface area contributed by atoms with Gasteiger partial charge in [0.15, 0.2) is 5.76 Å². The summed E-state index contributed by atoms with van der Waals surface area (Å²) in [6.07, 6.45) is 1.44. The number of tetrazole rings is 1. The van der Waals surface area contributed by atoms with Gasteiger partial charge < -0.3 is 4.42 Å². The van der Waals surface area contributed by atoms with E-state index in [1.807, 2.05) is 5.43 Å². The lowest BCUT2D eigenvalue weighted by Gasteiger charge is -2.00. The molecule has 0 unspecified atom stereocenters. The lowest BCUT2D eigenvalue weighted by Crippen LogP contribution is -2.30. The zero-order valence-corrected chi connectivity index (χ0v) is 9.77. The van der Waals surface area contributed by atoms with Gasteiger partial charge in [0.05, 0.1) is 6.26 Å². The molecule has 0 aliphatic heterocycles. The van der Waals surface area contributed by atoms with E-state index in [2.05, 4.69) is 15.5 Å². The molecule has 0 bridgehead atoms. The fourth-order valence-corrected chi connectivity index (χ4v) is 2.03. The molecule has 8 nitrogen and oxygen atoms in total. The Hall–Kier alpha value is -1.87. The standard InChI is InChI=1S/C8H10N6O2S/c1-14-8(11-12-13-14)17-4-5-2-3-16-6(5)7(15)10-9/h2-3H,4,9H2,1H3,(H,10,15). The van der Waals surface area contributed by atoms with E-state index in [1.54, 1.807) is 17.8 Å². The van der Waals surface area contributed by atoms with Crippen LogP contribution >= 0.6 is 11.8 Å². The van der Waals surface area contributed by atoms with E-state index < -0.39 is 5.91 Å². The highest BCUT2D eigenvalue weighted by Crippen LogP contribution is 2.22. The Morgan fingerprint density at radius 2 is 2.53 bits per heavy atom. The second kappa shape index (κ2) is 4.97. The molecule has 0 saturated carbocycles. The lowest BCUT2D eigenvalue weighted by molar-refractivity contribution is 0.0925. The van der Waals surface area contributed by atoms with Crippen LogP contribution in [0.3, 0.4) is 0 Å². The highest BCUT2D eigenvalue weighted by molar-refractivity contribution is 7.98. The third kappa shape index (κ3) is 2.45. The molecule has 0 spiro atoms. The third-order valence-corrected chi connectivity index (χ3v) is 3.08. The number of amides is 1. The number of aromatic nitrogens is 4. The third-order valence-electron chi connectivity index (χ3n) is 2.02. The van der Waals surface area contributed by atoms with E-state index in [9.17, 15) is 4.79 Å². The van der Waals surface area contributed by atoms with Crippen LogP contribution in [0.15, 0.2) is 21.9 Å². The molecule has 2 heterocycles. The number of furan rings is 1. The number of hydrazine groups is 1. The smallest absolute Gasteiger partial charge is 0.301 e. The van der Waals surface area contributed by atoms with E-state index in [0.29, 0.717) is 10.9 Å². The molecule has 90 valence electrons. The number of carbonyl (C=O) groups excluding carboxylic acids is 1. The molecule has 1 amide bonds. The van der Waals surface area contributed by atoms with Gasteiger partial charge in [0.25, 0.3) is 0 Å². The summed E-state index contributed by atoms with van der Waals surface area (Å²) in [5, 5.41) is 11.7. The van der Waals surface area contributed by atoms with E-state index >= 15 is 0 Å². The Balaban J connectivity index is 2.07. The van der Waals surface area contributed by atoms with Crippen molar-refractivity contribution in [1.82, 2.24) is 25.6 Å². The first-order chi connectivity index (χ1) is 8.22. The molecule has 2 rings (SSSR count). The maximum atomic E-state index is 11.3. The highest BCUT2D eigenvalue weighted by Gasteiger charge is 2.15. The number of aryl methyl sites for hydroxylation is 1. The zero-order chi connectivity index (χ0) is 12.3. The first-order valence-corrected chi connectivity index (χ1v) is 5.63. The van der Waals surface area contributed by atoms with Crippen LogP contribution in [0.1, 0.15) is 16.1 Å². The molecule has 3 N–H and O–H groups in total. The molecular formula is C8H10N6O2S. The minimum atomic E-state index is -0.457. The fourth-order valence-electron chi connectivity index (χ4n) is 1.20. The maximum Gasteiger partial charge on any atom is 0.301 e. The predicted molar refractivity (Wildman–Crippen MR) is 58.7 cm³/mol. The normalized spacial score (nSPS) is 10.5. The predicted octanol–water partition coefficient (Wildman–Crippen LogP) is -0.301. The first kappa shape index (κ1) is 11.6. The minimum Gasteiger partial charge on any atom is -0.459 e. The van der Waals surface area contributed by atoms with E-state index in [1.165, 1.54) is 18.0 Å². The van der Waals surface area contributed by atoms with Crippen LogP contribution in [0.2, 0.25) is 0 Å². The number of rotatable bonds is 4. The number of nitrogens with one attached hydrogen (secondary N) is 1.